The summed E-state index contributed by atoms with van der Waals surface area (Å²) >= 11 is 12.0. The van der Waals surface area contributed by atoms with Crippen LogP contribution in [0.2, 0.25) is 10.0 Å². The average molecular weight is 289 g/mol. The Labute approximate surface area is 118 Å². The lowest BCUT2D eigenvalue weighted by molar-refractivity contribution is -0.136. The van der Waals surface area contributed by atoms with Gasteiger partial charge in [0.25, 0.3) is 0 Å². The minimum Gasteiger partial charge on any atom is -0.337 e. The van der Waals surface area contributed by atoms with Gasteiger partial charge in [-0.2, -0.15) is 0 Å². The van der Waals surface area contributed by atoms with Crippen molar-refractivity contribution in [3.8, 4) is 0 Å². The Morgan fingerprint density at radius 1 is 1.39 bits per heavy atom. The summed E-state index contributed by atoms with van der Waals surface area (Å²) in [5.41, 5.74) is 5.76. The first-order valence-electron chi connectivity index (χ1n) is 5.65. The molecule has 1 amide bonds. The fourth-order valence-corrected chi connectivity index (χ4v) is 2.25. The smallest absolute Gasteiger partial charge is 0.242 e. The quantitative estimate of drug-likeness (QED) is 0.928. The maximum Gasteiger partial charge on any atom is 0.242 e. The molecule has 0 heterocycles. The molecular weight excluding hydrogens is 271 g/mol. The number of benzene rings is 1. The zero-order valence-electron chi connectivity index (χ0n) is 11.0. The van der Waals surface area contributed by atoms with Crippen LogP contribution in [-0.4, -0.2) is 23.4 Å². The molecule has 0 fully saturated rings. The predicted molar refractivity (Wildman–Crippen MR) is 75.9 cm³/mol. The maximum atomic E-state index is 12.1. The Hall–Kier alpha value is -0.770. The van der Waals surface area contributed by atoms with Gasteiger partial charge in [-0.15, -0.1) is 0 Å². The molecular formula is C13H18Cl2N2O. The molecule has 1 rings (SSSR count). The van der Waals surface area contributed by atoms with Gasteiger partial charge in [0.15, 0.2) is 0 Å². The van der Waals surface area contributed by atoms with Gasteiger partial charge in [-0.1, -0.05) is 29.3 Å². The third-order valence-corrected chi connectivity index (χ3v) is 3.43. The SMILES string of the molecule is CC(c1ccc(Cl)cc1Cl)N(C)C(=O)C(C)(C)N. The summed E-state index contributed by atoms with van der Waals surface area (Å²) in [7, 11) is 1.71. The molecule has 0 aliphatic rings. The van der Waals surface area contributed by atoms with Crippen molar-refractivity contribution in [2.45, 2.75) is 32.4 Å². The van der Waals surface area contributed by atoms with E-state index in [0.717, 1.165) is 5.56 Å². The third kappa shape index (κ3) is 3.37. The van der Waals surface area contributed by atoms with Gasteiger partial charge in [0.1, 0.15) is 0 Å². The highest BCUT2D eigenvalue weighted by molar-refractivity contribution is 6.35. The van der Waals surface area contributed by atoms with Crippen molar-refractivity contribution in [1.29, 1.82) is 0 Å². The number of hydrogen-bond acceptors (Lipinski definition) is 2. The Morgan fingerprint density at radius 3 is 2.39 bits per heavy atom. The second-order valence-corrected chi connectivity index (χ2v) is 5.82. The van der Waals surface area contributed by atoms with Crippen molar-refractivity contribution in [2.24, 2.45) is 5.73 Å². The number of rotatable bonds is 3. The summed E-state index contributed by atoms with van der Waals surface area (Å²) in [6.45, 7) is 5.27. The summed E-state index contributed by atoms with van der Waals surface area (Å²) < 4.78 is 0. The largest absolute Gasteiger partial charge is 0.337 e. The zero-order chi connectivity index (χ0) is 14.1. The van der Waals surface area contributed by atoms with Gasteiger partial charge in [0.2, 0.25) is 5.91 Å². The lowest BCUT2D eigenvalue weighted by atomic mass is 10.0. The van der Waals surface area contributed by atoms with Crippen molar-refractivity contribution in [2.75, 3.05) is 7.05 Å². The minimum absolute atomic E-state index is 0.138. The van der Waals surface area contributed by atoms with Crippen LogP contribution in [-0.2, 0) is 4.79 Å². The number of hydrogen-bond donors (Lipinski definition) is 1. The van der Waals surface area contributed by atoms with Crippen LogP contribution in [0.25, 0.3) is 0 Å². The zero-order valence-corrected chi connectivity index (χ0v) is 12.5. The number of amides is 1. The molecule has 0 spiro atoms. The van der Waals surface area contributed by atoms with Gasteiger partial charge in [0, 0.05) is 17.1 Å². The number of nitrogens with zero attached hydrogens (tertiary/aromatic N) is 1. The number of likely N-dealkylation sites (N-methyl/N-ethyl adjacent to an activating group) is 1. The standard InChI is InChI=1S/C13H18Cl2N2O/c1-8(17(4)12(18)13(2,3)16)10-6-5-9(14)7-11(10)15/h5-8H,16H2,1-4H3. The van der Waals surface area contributed by atoms with Crippen molar-refractivity contribution >= 4 is 29.1 Å². The Bertz CT molecular complexity index is 455. The summed E-state index contributed by atoms with van der Waals surface area (Å²) in [5.74, 6) is -0.138. The first-order chi connectivity index (χ1) is 8.14. The summed E-state index contributed by atoms with van der Waals surface area (Å²) in [5, 5.41) is 1.12. The van der Waals surface area contributed by atoms with E-state index in [1.54, 1.807) is 37.9 Å². The van der Waals surface area contributed by atoms with E-state index >= 15 is 0 Å². The van der Waals surface area contributed by atoms with E-state index in [0.29, 0.717) is 10.0 Å². The molecule has 1 aromatic carbocycles. The van der Waals surface area contributed by atoms with Gasteiger partial charge in [-0.3, -0.25) is 4.79 Å². The lowest BCUT2D eigenvalue weighted by Crippen LogP contribution is -2.50. The van der Waals surface area contributed by atoms with Crippen molar-refractivity contribution in [1.82, 2.24) is 4.90 Å². The molecule has 1 unspecified atom stereocenters. The van der Waals surface area contributed by atoms with E-state index in [2.05, 4.69) is 0 Å². The average Bonchev–Trinajstić information content (AvgIpc) is 2.25. The Kier molecular flexibility index (Phi) is 4.65. The molecule has 0 bridgehead atoms. The van der Waals surface area contributed by atoms with Gasteiger partial charge in [0.05, 0.1) is 11.6 Å². The topological polar surface area (TPSA) is 46.3 Å². The molecule has 0 aliphatic heterocycles. The number of halogens is 2. The molecule has 0 radical (unpaired) electrons. The van der Waals surface area contributed by atoms with E-state index in [1.165, 1.54) is 0 Å². The maximum absolute atomic E-state index is 12.1. The summed E-state index contributed by atoms with van der Waals surface area (Å²) in [6.07, 6.45) is 0. The van der Waals surface area contributed by atoms with Gasteiger partial charge >= 0.3 is 0 Å². The fraction of sp³-hybridized carbons (Fsp3) is 0.462. The molecule has 18 heavy (non-hydrogen) atoms. The Morgan fingerprint density at radius 2 is 1.94 bits per heavy atom. The highest BCUT2D eigenvalue weighted by Gasteiger charge is 2.29. The molecule has 1 aromatic rings. The predicted octanol–water partition coefficient (Wildman–Crippen LogP) is 3.25. The van der Waals surface area contributed by atoms with Crippen LogP contribution in [0.3, 0.4) is 0 Å². The number of carbonyl (C=O) groups is 1. The van der Waals surface area contributed by atoms with Crippen LogP contribution in [0.4, 0.5) is 0 Å². The van der Waals surface area contributed by atoms with Crippen molar-refractivity contribution in [3.05, 3.63) is 33.8 Å². The molecule has 100 valence electrons. The highest BCUT2D eigenvalue weighted by Crippen LogP contribution is 2.29. The van der Waals surface area contributed by atoms with E-state index in [1.807, 2.05) is 13.0 Å². The first-order valence-corrected chi connectivity index (χ1v) is 6.41. The van der Waals surface area contributed by atoms with Crippen molar-refractivity contribution < 1.29 is 4.79 Å². The van der Waals surface area contributed by atoms with Crippen LogP contribution >= 0.6 is 23.2 Å². The minimum atomic E-state index is -0.901. The van der Waals surface area contributed by atoms with E-state index in [-0.39, 0.29) is 11.9 Å². The van der Waals surface area contributed by atoms with Gasteiger partial charge < -0.3 is 10.6 Å². The van der Waals surface area contributed by atoms with Crippen LogP contribution in [0.15, 0.2) is 18.2 Å². The van der Waals surface area contributed by atoms with E-state index < -0.39 is 5.54 Å². The monoisotopic (exact) mass is 288 g/mol. The number of nitrogens with two attached hydrogens (primary N) is 1. The van der Waals surface area contributed by atoms with E-state index in [4.69, 9.17) is 28.9 Å². The molecule has 0 saturated heterocycles. The normalized spacial score (nSPS) is 13.3. The molecule has 2 N–H and O–H groups in total. The molecule has 3 nitrogen and oxygen atoms in total. The summed E-state index contributed by atoms with van der Waals surface area (Å²) in [4.78, 5) is 13.7. The highest BCUT2D eigenvalue weighted by atomic mass is 35.5. The molecule has 0 aromatic heterocycles. The van der Waals surface area contributed by atoms with Gasteiger partial charge in [-0.25, -0.2) is 0 Å². The molecule has 0 aliphatic carbocycles. The van der Waals surface area contributed by atoms with Crippen LogP contribution in [0.1, 0.15) is 32.4 Å². The van der Waals surface area contributed by atoms with E-state index in [9.17, 15) is 4.79 Å². The summed E-state index contributed by atoms with van der Waals surface area (Å²) in [6, 6.07) is 5.08. The van der Waals surface area contributed by atoms with Crippen LogP contribution in [0, 0.1) is 0 Å². The molecule has 0 saturated carbocycles. The number of carbonyl (C=O) groups excluding carboxylic acids is 1. The molecule has 5 heteroatoms. The third-order valence-electron chi connectivity index (χ3n) is 2.87. The second-order valence-electron chi connectivity index (χ2n) is 4.98. The fourth-order valence-electron chi connectivity index (χ4n) is 1.68. The van der Waals surface area contributed by atoms with Gasteiger partial charge in [-0.05, 0) is 38.5 Å². The van der Waals surface area contributed by atoms with Crippen LogP contribution in [0.5, 0.6) is 0 Å². The lowest BCUT2D eigenvalue weighted by Gasteiger charge is -2.31. The second kappa shape index (κ2) is 5.47. The van der Waals surface area contributed by atoms with Crippen molar-refractivity contribution in [3.63, 3.8) is 0 Å². The van der Waals surface area contributed by atoms with Crippen LogP contribution < -0.4 is 5.73 Å². The first kappa shape index (κ1) is 15.3. The Balaban J connectivity index is 3.00. The molecule has 1 atom stereocenters.